The fourth-order valence-corrected chi connectivity index (χ4v) is 3.94. The Hall–Kier alpha value is -3.81. The van der Waals surface area contributed by atoms with Crippen molar-refractivity contribution >= 4 is 34.8 Å². The van der Waals surface area contributed by atoms with E-state index in [2.05, 4.69) is 25.6 Å². The second-order valence-electron chi connectivity index (χ2n) is 8.18. The first-order valence-corrected chi connectivity index (χ1v) is 11.6. The predicted molar refractivity (Wildman–Crippen MR) is 129 cm³/mol. The van der Waals surface area contributed by atoms with E-state index in [-0.39, 0.29) is 5.97 Å². The minimum Gasteiger partial charge on any atom is -0.462 e. The van der Waals surface area contributed by atoms with Crippen molar-refractivity contribution in [1.82, 2.24) is 19.5 Å². The molecule has 1 saturated heterocycles. The Bertz CT molecular complexity index is 1230. The Morgan fingerprint density at radius 1 is 1.14 bits per heavy atom. The molecular formula is C23H29N7O6. The number of nitrogens with one attached hydrogen (secondary N) is 2. The molecule has 4 rings (SSSR count). The third-order valence-corrected chi connectivity index (χ3v) is 5.72. The fourth-order valence-electron chi connectivity index (χ4n) is 3.94. The summed E-state index contributed by atoms with van der Waals surface area (Å²) in [6, 6.07) is 7.16. The van der Waals surface area contributed by atoms with Crippen molar-refractivity contribution < 1.29 is 29.3 Å². The van der Waals surface area contributed by atoms with Crippen molar-refractivity contribution in [3.05, 3.63) is 41.7 Å². The number of hydrogen-bond acceptors (Lipinski definition) is 11. The highest BCUT2D eigenvalue weighted by molar-refractivity contribution is 5.89. The van der Waals surface area contributed by atoms with Crippen LogP contribution in [0, 0.1) is 0 Å². The number of hydrogen-bond donors (Lipinski definition) is 5. The van der Waals surface area contributed by atoms with Crippen molar-refractivity contribution in [1.29, 1.82) is 0 Å². The Morgan fingerprint density at radius 3 is 2.53 bits per heavy atom. The van der Waals surface area contributed by atoms with Gasteiger partial charge in [-0.25, -0.2) is 9.78 Å². The van der Waals surface area contributed by atoms with Crippen LogP contribution in [-0.2, 0) is 20.7 Å². The van der Waals surface area contributed by atoms with Gasteiger partial charge in [-0.15, -0.1) is 0 Å². The number of aromatic nitrogens is 4. The number of nitrogens with two attached hydrogens (primary N) is 1. The molecule has 3 aromatic rings. The topological polar surface area (TPSA) is 187 Å². The highest BCUT2D eigenvalue weighted by atomic mass is 16.6. The second-order valence-corrected chi connectivity index (χ2v) is 8.18. The van der Waals surface area contributed by atoms with Crippen molar-refractivity contribution in [2.45, 2.75) is 44.8 Å². The molecule has 0 bridgehead atoms. The number of ether oxygens (including phenoxy) is 2. The maximum Gasteiger partial charge on any atom is 0.338 e. The van der Waals surface area contributed by atoms with Crippen molar-refractivity contribution in [2.24, 2.45) is 5.73 Å². The van der Waals surface area contributed by atoms with E-state index < -0.39 is 30.4 Å². The molecule has 6 N–H and O–H groups in total. The Morgan fingerprint density at radius 2 is 1.89 bits per heavy atom. The molecule has 192 valence electrons. The van der Waals surface area contributed by atoms with Gasteiger partial charge in [-0.05, 0) is 38.0 Å². The third-order valence-electron chi connectivity index (χ3n) is 5.72. The predicted octanol–water partition coefficient (Wildman–Crippen LogP) is 0.194. The molecule has 1 fully saturated rings. The van der Waals surface area contributed by atoms with Crippen LogP contribution in [0.25, 0.3) is 11.2 Å². The molecule has 13 nitrogen and oxygen atoms in total. The van der Waals surface area contributed by atoms with Crippen LogP contribution in [0.1, 0.15) is 36.0 Å². The number of aliphatic hydroxyl groups excluding tert-OH is 2. The lowest BCUT2D eigenvalue weighted by Crippen LogP contribution is -2.39. The quantitative estimate of drug-likeness (QED) is 0.240. The minimum atomic E-state index is -1.48. The van der Waals surface area contributed by atoms with Gasteiger partial charge in [-0.1, -0.05) is 12.1 Å². The Kier molecular flexibility index (Phi) is 7.62. The first-order chi connectivity index (χ1) is 17.3. The number of amides is 1. The van der Waals surface area contributed by atoms with E-state index in [1.165, 1.54) is 10.9 Å². The van der Waals surface area contributed by atoms with Gasteiger partial charge in [-0.2, -0.15) is 9.97 Å². The van der Waals surface area contributed by atoms with Crippen LogP contribution in [0.2, 0.25) is 0 Å². The summed E-state index contributed by atoms with van der Waals surface area (Å²) in [7, 11) is 0. The number of primary amides is 1. The summed E-state index contributed by atoms with van der Waals surface area (Å²) >= 11 is 0. The Balaban J connectivity index is 1.52. The molecule has 13 heteroatoms. The molecule has 1 amide bonds. The fraction of sp³-hybridized carbons (Fsp3) is 0.435. The number of fused-ring (bicyclic) bond motifs is 1. The smallest absolute Gasteiger partial charge is 0.338 e. The van der Waals surface area contributed by atoms with Crippen LogP contribution >= 0.6 is 0 Å². The van der Waals surface area contributed by atoms with Gasteiger partial charge >= 0.3 is 5.97 Å². The number of benzene rings is 1. The Labute approximate surface area is 206 Å². The van der Waals surface area contributed by atoms with E-state index in [0.717, 1.165) is 5.56 Å². The molecule has 2 aromatic heterocycles. The number of aliphatic hydroxyl groups is 2. The van der Waals surface area contributed by atoms with Crippen molar-refractivity contribution in [3.63, 3.8) is 0 Å². The molecule has 36 heavy (non-hydrogen) atoms. The van der Waals surface area contributed by atoms with Crippen molar-refractivity contribution in [2.75, 3.05) is 30.3 Å². The van der Waals surface area contributed by atoms with E-state index in [4.69, 9.17) is 15.2 Å². The molecule has 4 unspecified atom stereocenters. The maximum absolute atomic E-state index is 11.8. The first-order valence-electron chi connectivity index (χ1n) is 11.6. The molecule has 4 atom stereocenters. The van der Waals surface area contributed by atoms with E-state index >= 15 is 0 Å². The number of rotatable bonds is 10. The lowest BCUT2D eigenvalue weighted by atomic mass is 10.1. The summed E-state index contributed by atoms with van der Waals surface area (Å²) in [5.74, 6) is -0.457. The van der Waals surface area contributed by atoms with Gasteiger partial charge in [-0.3, -0.25) is 9.36 Å². The summed E-state index contributed by atoms with van der Waals surface area (Å²) in [6.07, 6.45) is -3.32. The molecule has 0 aliphatic carbocycles. The zero-order chi connectivity index (χ0) is 25.8. The number of nitrogens with zero attached hydrogens (tertiary/aromatic N) is 4. The number of carbonyl (C=O) groups is 2. The molecule has 0 spiro atoms. The largest absolute Gasteiger partial charge is 0.462 e. The van der Waals surface area contributed by atoms with Crippen molar-refractivity contribution in [3.8, 4) is 0 Å². The van der Waals surface area contributed by atoms with Gasteiger partial charge in [0.2, 0.25) is 11.9 Å². The van der Waals surface area contributed by atoms with Gasteiger partial charge in [0, 0.05) is 13.1 Å². The van der Waals surface area contributed by atoms with Gasteiger partial charge in [0.25, 0.3) is 0 Å². The van der Waals surface area contributed by atoms with Crippen LogP contribution in [0.4, 0.5) is 11.8 Å². The molecule has 0 radical (unpaired) electrons. The lowest BCUT2D eigenvalue weighted by Gasteiger charge is -2.17. The van der Waals surface area contributed by atoms with Crippen LogP contribution in [0.3, 0.4) is 0 Å². The summed E-state index contributed by atoms with van der Waals surface area (Å²) in [5, 5.41) is 26.9. The molecule has 0 saturated carbocycles. The lowest BCUT2D eigenvalue weighted by molar-refractivity contribution is -0.134. The average molecular weight is 500 g/mol. The SMILES string of the molecule is CCNc1nc(NCCc2ccc(C(=O)OCC)cc2)nc2c1ncn2C1OC(C(N)=O)C(O)C1O. The number of carbonyl (C=O) groups excluding carboxylic acids is 2. The standard InChI is InChI=1S/C23H29N7O6/c1-3-25-19-14-20(30(11-27-14)21-16(32)15(31)17(36-21)18(24)33)29-23(28-19)26-10-9-12-5-7-13(8-6-12)22(34)35-4-2/h5-8,11,15-17,21,31-32H,3-4,9-10H2,1-2H3,(H2,24,33)(H2,25,26,28,29). The molecular weight excluding hydrogens is 470 g/mol. The molecule has 1 aliphatic rings. The normalized spacial score (nSPS) is 21.4. The highest BCUT2D eigenvalue weighted by Gasteiger charge is 2.47. The van der Waals surface area contributed by atoms with E-state index in [9.17, 15) is 19.8 Å². The van der Waals surface area contributed by atoms with Crippen LogP contribution < -0.4 is 16.4 Å². The summed E-state index contributed by atoms with van der Waals surface area (Å²) < 4.78 is 12.0. The number of anilines is 2. The zero-order valence-corrected chi connectivity index (χ0v) is 19.9. The van der Waals surface area contributed by atoms with Gasteiger partial charge in [0.05, 0.1) is 18.5 Å². The monoisotopic (exact) mass is 499 g/mol. The minimum absolute atomic E-state index is 0.308. The summed E-state index contributed by atoms with van der Waals surface area (Å²) in [4.78, 5) is 36.8. The molecule has 1 aliphatic heterocycles. The maximum atomic E-state index is 11.8. The summed E-state index contributed by atoms with van der Waals surface area (Å²) in [6.45, 7) is 5.07. The van der Waals surface area contributed by atoms with Gasteiger partial charge in [0.15, 0.2) is 29.3 Å². The van der Waals surface area contributed by atoms with E-state index in [1.807, 2.05) is 19.1 Å². The highest BCUT2D eigenvalue weighted by Crippen LogP contribution is 2.32. The molecule has 3 heterocycles. The van der Waals surface area contributed by atoms with Gasteiger partial charge in [0.1, 0.15) is 12.2 Å². The zero-order valence-electron chi connectivity index (χ0n) is 19.9. The van der Waals surface area contributed by atoms with E-state index in [1.54, 1.807) is 19.1 Å². The van der Waals surface area contributed by atoms with Crippen LogP contribution in [0.15, 0.2) is 30.6 Å². The number of imidazole rings is 1. The van der Waals surface area contributed by atoms with Gasteiger partial charge < -0.3 is 36.1 Å². The van der Waals surface area contributed by atoms with Crippen LogP contribution in [0.5, 0.6) is 0 Å². The molecule has 1 aromatic carbocycles. The second kappa shape index (κ2) is 10.8. The average Bonchev–Trinajstić information content (AvgIpc) is 3.41. The van der Waals surface area contributed by atoms with E-state index in [0.29, 0.717) is 54.6 Å². The third kappa shape index (κ3) is 5.08. The first kappa shape index (κ1) is 25.3. The summed E-state index contributed by atoms with van der Waals surface area (Å²) in [5.41, 5.74) is 7.54. The number of esters is 1. The van der Waals surface area contributed by atoms with Crippen LogP contribution in [-0.4, -0.2) is 79.6 Å².